The Morgan fingerprint density at radius 1 is 0.862 bits per heavy atom. The van der Waals surface area contributed by atoms with Crippen molar-refractivity contribution in [3.63, 3.8) is 0 Å². The third-order valence-corrected chi connectivity index (χ3v) is 7.14. The SMILES string of the molecule is CCOC(=O)C([I+]c1ccccc1)C(=O)c1ccccc1C#Cc1ccccc1. The average molecular weight is 495 g/mol. The van der Waals surface area contributed by atoms with Crippen molar-refractivity contribution in [3.8, 4) is 11.8 Å². The fourth-order valence-electron chi connectivity index (χ4n) is 2.63. The van der Waals surface area contributed by atoms with Crippen LogP contribution in [-0.4, -0.2) is 22.3 Å². The van der Waals surface area contributed by atoms with Gasteiger partial charge in [0.1, 0.15) is 0 Å². The summed E-state index contributed by atoms with van der Waals surface area (Å²) in [5, 5.41) is 0. The summed E-state index contributed by atoms with van der Waals surface area (Å²) >= 11 is -0.897. The van der Waals surface area contributed by atoms with Gasteiger partial charge in [-0.1, -0.05) is 60.4 Å². The van der Waals surface area contributed by atoms with Gasteiger partial charge in [-0.25, -0.2) is 4.79 Å². The minimum Gasteiger partial charge on any atom is -0.462 e. The maximum Gasteiger partial charge on any atom is 0.366 e. The Kier molecular flexibility index (Phi) is 7.60. The Balaban J connectivity index is 1.93. The molecule has 0 aliphatic carbocycles. The molecule has 0 aliphatic heterocycles. The normalized spacial score (nSPS) is 11.1. The Bertz CT molecular complexity index is 1030. The predicted molar refractivity (Wildman–Crippen MR) is 109 cm³/mol. The number of hydrogen-bond acceptors (Lipinski definition) is 3. The van der Waals surface area contributed by atoms with Crippen molar-refractivity contribution in [2.24, 2.45) is 0 Å². The highest BCUT2D eigenvalue weighted by molar-refractivity contribution is 6.11. The van der Waals surface area contributed by atoms with Gasteiger partial charge in [-0.3, -0.25) is 4.79 Å². The number of benzene rings is 3. The van der Waals surface area contributed by atoms with Gasteiger partial charge >= 0.3 is 31.1 Å². The lowest BCUT2D eigenvalue weighted by molar-refractivity contribution is -0.637. The fourth-order valence-corrected chi connectivity index (χ4v) is 5.24. The number of carbonyl (C=O) groups excluding carboxylic acids is 2. The zero-order valence-corrected chi connectivity index (χ0v) is 18.1. The van der Waals surface area contributed by atoms with Crippen LogP contribution in [0, 0.1) is 15.4 Å². The van der Waals surface area contributed by atoms with Crippen molar-refractivity contribution in [1.29, 1.82) is 0 Å². The van der Waals surface area contributed by atoms with E-state index in [-0.39, 0.29) is 12.4 Å². The number of alkyl halides is 1. The van der Waals surface area contributed by atoms with Crippen molar-refractivity contribution >= 4 is 11.8 Å². The summed E-state index contributed by atoms with van der Waals surface area (Å²) in [6.07, 6.45) is 0. The highest BCUT2D eigenvalue weighted by atomic mass is 127. The number of halogens is 1. The summed E-state index contributed by atoms with van der Waals surface area (Å²) in [6, 6.07) is 26.4. The monoisotopic (exact) mass is 495 g/mol. The highest BCUT2D eigenvalue weighted by Crippen LogP contribution is 2.10. The maximum atomic E-state index is 13.4. The van der Waals surface area contributed by atoms with Crippen LogP contribution < -0.4 is 21.2 Å². The molecule has 3 aromatic rings. The standard InChI is InChI=1S/C25H20IO3/c1-2-29-25(28)23(26-21-14-7-4-8-15-21)24(27)22-16-10-9-13-20(22)18-17-19-11-5-3-6-12-19/h3-16,23H,2H2,1H3/q+1. The van der Waals surface area contributed by atoms with Crippen LogP contribution in [0.5, 0.6) is 0 Å². The van der Waals surface area contributed by atoms with Crippen molar-refractivity contribution in [2.45, 2.75) is 10.8 Å². The molecule has 0 heterocycles. The van der Waals surface area contributed by atoms with Crippen molar-refractivity contribution in [2.75, 3.05) is 6.61 Å². The predicted octanol–water partition coefficient (Wildman–Crippen LogP) is 1.16. The molecule has 0 N–H and O–H groups in total. The van der Waals surface area contributed by atoms with E-state index in [1.807, 2.05) is 72.8 Å². The number of ether oxygens (including phenoxy) is 1. The number of hydrogen-bond donors (Lipinski definition) is 0. The molecule has 0 fully saturated rings. The Hall–Kier alpha value is -2.91. The third kappa shape index (κ3) is 5.78. The first-order chi connectivity index (χ1) is 14.2. The molecular weight excluding hydrogens is 475 g/mol. The van der Waals surface area contributed by atoms with Gasteiger partial charge in [0.05, 0.1) is 6.61 Å². The van der Waals surface area contributed by atoms with Crippen LogP contribution in [0.2, 0.25) is 0 Å². The van der Waals surface area contributed by atoms with E-state index in [1.165, 1.54) is 0 Å². The smallest absolute Gasteiger partial charge is 0.366 e. The molecule has 1 atom stereocenters. The van der Waals surface area contributed by atoms with Crippen molar-refractivity contribution in [1.82, 2.24) is 0 Å². The van der Waals surface area contributed by atoms with Crippen LogP contribution in [0.4, 0.5) is 0 Å². The lowest BCUT2D eigenvalue weighted by Crippen LogP contribution is -3.66. The van der Waals surface area contributed by atoms with Crippen LogP contribution >= 0.6 is 0 Å². The molecule has 1 unspecified atom stereocenters. The molecule has 0 bridgehead atoms. The molecule has 4 heteroatoms. The van der Waals surface area contributed by atoms with Crippen molar-refractivity contribution in [3.05, 3.63) is 105 Å². The maximum absolute atomic E-state index is 13.4. The van der Waals surface area contributed by atoms with E-state index < -0.39 is 31.1 Å². The molecule has 3 rings (SSSR count). The highest BCUT2D eigenvalue weighted by Gasteiger charge is 2.43. The van der Waals surface area contributed by atoms with Gasteiger partial charge in [0.2, 0.25) is 5.78 Å². The van der Waals surface area contributed by atoms with Gasteiger partial charge < -0.3 is 4.74 Å². The molecular formula is C25H20IO3+. The van der Waals surface area contributed by atoms with Crippen molar-refractivity contribution < 1.29 is 35.5 Å². The van der Waals surface area contributed by atoms with E-state index in [1.54, 1.807) is 19.1 Å². The zero-order valence-electron chi connectivity index (χ0n) is 16.0. The largest absolute Gasteiger partial charge is 0.462 e. The second-order valence-electron chi connectivity index (χ2n) is 6.05. The number of esters is 1. The second kappa shape index (κ2) is 10.6. The first kappa shape index (κ1) is 20.8. The number of rotatable bonds is 6. The van der Waals surface area contributed by atoms with Gasteiger partial charge in [0.25, 0.3) is 0 Å². The van der Waals surface area contributed by atoms with Crippen LogP contribution in [0.15, 0.2) is 84.9 Å². The van der Waals surface area contributed by atoms with E-state index in [0.29, 0.717) is 11.1 Å². The lowest BCUT2D eigenvalue weighted by atomic mass is 10.0. The van der Waals surface area contributed by atoms with E-state index >= 15 is 0 Å². The average Bonchev–Trinajstić information content (AvgIpc) is 2.77. The summed E-state index contributed by atoms with van der Waals surface area (Å²) < 4.78 is 5.44. The van der Waals surface area contributed by atoms with Gasteiger partial charge in [-0.05, 0) is 43.3 Å². The van der Waals surface area contributed by atoms with Crippen LogP contribution in [-0.2, 0) is 9.53 Å². The first-order valence-electron chi connectivity index (χ1n) is 9.24. The zero-order chi connectivity index (χ0) is 20.5. The van der Waals surface area contributed by atoms with Gasteiger partial charge in [0.15, 0.2) is 3.57 Å². The van der Waals surface area contributed by atoms with Gasteiger partial charge in [-0.15, -0.1) is 0 Å². The number of carbonyl (C=O) groups is 2. The van der Waals surface area contributed by atoms with Gasteiger partial charge in [0, 0.05) is 16.7 Å². The summed E-state index contributed by atoms with van der Waals surface area (Å²) in [6.45, 7) is 2.00. The molecule has 0 saturated carbocycles. The van der Waals surface area contributed by atoms with Crippen LogP contribution in [0.25, 0.3) is 0 Å². The molecule has 0 aliphatic rings. The summed E-state index contributed by atoms with van der Waals surface area (Å²) in [4.78, 5) is 26.0. The lowest BCUT2D eigenvalue weighted by Gasteiger charge is -2.07. The summed E-state index contributed by atoms with van der Waals surface area (Å²) in [5.74, 6) is 5.50. The van der Waals surface area contributed by atoms with Crippen LogP contribution in [0.3, 0.4) is 0 Å². The molecule has 144 valence electrons. The third-order valence-electron chi connectivity index (χ3n) is 4.00. The Morgan fingerprint density at radius 2 is 1.48 bits per heavy atom. The number of ketones is 1. The molecule has 3 nitrogen and oxygen atoms in total. The number of Topliss-reactive ketones (excluding diaryl/α,β-unsaturated/α-hetero) is 1. The first-order valence-corrected chi connectivity index (χ1v) is 11.6. The Labute approximate surface area is 181 Å². The quantitative estimate of drug-likeness (QED) is 0.129. The van der Waals surface area contributed by atoms with E-state index in [2.05, 4.69) is 11.8 Å². The van der Waals surface area contributed by atoms with Crippen LogP contribution in [0.1, 0.15) is 28.4 Å². The molecule has 0 saturated heterocycles. The molecule has 0 amide bonds. The minimum atomic E-state index is -0.897. The second-order valence-corrected chi connectivity index (χ2v) is 9.16. The minimum absolute atomic E-state index is 0.224. The fraction of sp³-hybridized carbons (Fsp3) is 0.120. The summed E-state index contributed by atoms with van der Waals surface area (Å²) in [5.41, 5.74) is 1.95. The van der Waals surface area contributed by atoms with E-state index in [4.69, 9.17) is 4.74 Å². The molecule has 0 spiro atoms. The van der Waals surface area contributed by atoms with Gasteiger partial charge in [-0.2, -0.15) is 0 Å². The molecule has 29 heavy (non-hydrogen) atoms. The topological polar surface area (TPSA) is 43.4 Å². The summed E-state index contributed by atoms with van der Waals surface area (Å²) in [7, 11) is 0. The molecule has 0 aromatic heterocycles. The molecule has 3 aromatic carbocycles. The van der Waals surface area contributed by atoms with E-state index in [9.17, 15) is 9.59 Å². The Morgan fingerprint density at radius 3 is 2.17 bits per heavy atom. The molecule has 0 radical (unpaired) electrons. The van der Waals surface area contributed by atoms with E-state index in [0.717, 1.165) is 9.13 Å².